The number of ether oxygens (including phenoxy) is 1. The van der Waals surface area contributed by atoms with Crippen LogP contribution in [0.5, 0.6) is 0 Å². The van der Waals surface area contributed by atoms with Crippen LogP contribution >= 0.6 is 0 Å². The molecular weight excluding hydrogens is 292 g/mol. The average molecular weight is 312 g/mol. The van der Waals surface area contributed by atoms with E-state index in [2.05, 4.69) is 10.0 Å². The number of hydrogen-bond donors (Lipinski definition) is 2. The van der Waals surface area contributed by atoms with Gasteiger partial charge in [0.25, 0.3) is 0 Å². The molecule has 7 heteroatoms. The first kappa shape index (κ1) is 15.8. The van der Waals surface area contributed by atoms with Crippen LogP contribution in [-0.2, 0) is 19.6 Å². The largest absolute Gasteiger partial charge is 0.368 e. The fourth-order valence-corrected chi connectivity index (χ4v) is 2.92. The van der Waals surface area contributed by atoms with E-state index in [9.17, 15) is 13.2 Å². The zero-order valence-electron chi connectivity index (χ0n) is 12.1. The number of carbonyl (C=O) groups is 1. The van der Waals surface area contributed by atoms with Crippen molar-refractivity contribution in [2.75, 3.05) is 17.6 Å². The summed E-state index contributed by atoms with van der Waals surface area (Å²) in [6.45, 7) is 2.42. The predicted molar refractivity (Wildman–Crippen MR) is 80.4 cm³/mol. The summed E-state index contributed by atoms with van der Waals surface area (Å²) in [6.07, 6.45) is 2.31. The summed E-state index contributed by atoms with van der Waals surface area (Å²) in [5, 5.41) is 2.87. The van der Waals surface area contributed by atoms with Gasteiger partial charge in [-0.3, -0.25) is 9.52 Å². The first-order valence-corrected chi connectivity index (χ1v) is 8.74. The number of hydrogen-bond acceptors (Lipinski definition) is 4. The molecule has 1 fully saturated rings. The van der Waals surface area contributed by atoms with E-state index in [1.807, 2.05) is 6.92 Å². The molecule has 1 amide bonds. The van der Waals surface area contributed by atoms with Crippen molar-refractivity contribution in [1.82, 2.24) is 5.32 Å². The monoisotopic (exact) mass is 312 g/mol. The van der Waals surface area contributed by atoms with Gasteiger partial charge in [0.15, 0.2) is 0 Å². The van der Waals surface area contributed by atoms with Crippen molar-refractivity contribution in [2.24, 2.45) is 0 Å². The number of benzene rings is 1. The van der Waals surface area contributed by atoms with E-state index >= 15 is 0 Å². The highest BCUT2D eigenvalue weighted by Gasteiger charge is 2.25. The Kier molecular flexibility index (Phi) is 4.84. The molecule has 1 saturated heterocycles. The van der Waals surface area contributed by atoms with Crippen LogP contribution in [0, 0.1) is 0 Å². The SMILES string of the molecule is C[C@@H](NC(=O)[C@H]1CCCO1)c1ccccc1NS(C)(=O)=O. The van der Waals surface area contributed by atoms with E-state index in [0.29, 0.717) is 17.9 Å². The quantitative estimate of drug-likeness (QED) is 0.861. The fourth-order valence-electron chi connectivity index (χ4n) is 2.34. The maximum Gasteiger partial charge on any atom is 0.249 e. The number of sulfonamides is 1. The molecule has 2 rings (SSSR count). The third-order valence-electron chi connectivity index (χ3n) is 3.30. The molecule has 1 aliphatic rings. The third-order valence-corrected chi connectivity index (χ3v) is 3.89. The van der Waals surface area contributed by atoms with Crippen LogP contribution in [0.15, 0.2) is 24.3 Å². The van der Waals surface area contributed by atoms with Gasteiger partial charge in [-0.1, -0.05) is 18.2 Å². The van der Waals surface area contributed by atoms with Crippen molar-refractivity contribution in [3.8, 4) is 0 Å². The third kappa shape index (κ3) is 4.44. The number of rotatable bonds is 5. The van der Waals surface area contributed by atoms with E-state index in [1.165, 1.54) is 0 Å². The Morgan fingerprint density at radius 3 is 2.71 bits per heavy atom. The summed E-state index contributed by atoms with van der Waals surface area (Å²) in [6, 6.07) is 6.69. The number of carbonyl (C=O) groups excluding carboxylic acids is 1. The van der Waals surface area contributed by atoms with E-state index in [-0.39, 0.29) is 11.9 Å². The van der Waals surface area contributed by atoms with Crippen molar-refractivity contribution in [2.45, 2.75) is 31.9 Å². The topological polar surface area (TPSA) is 84.5 Å². The van der Waals surface area contributed by atoms with Gasteiger partial charge in [0.05, 0.1) is 18.0 Å². The van der Waals surface area contributed by atoms with Crippen molar-refractivity contribution in [3.63, 3.8) is 0 Å². The second kappa shape index (κ2) is 6.44. The number of para-hydroxylation sites is 1. The van der Waals surface area contributed by atoms with Gasteiger partial charge < -0.3 is 10.1 Å². The molecule has 0 unspecified atom stereocenters. The Morgan fingerprint density at radius 2 is 2.10 bits per heavy atom. The lowest BCUT2D eigenvalue weighted by molar-refractivity contribution is -0.130. The molecule has 0 radical (unpaired) electrons. The van der Waals surface area contributed by atoms with Crippen LogP contribution in [0.4, 0.5) is 5.69 Å². The van der Waals surface area contributed by atoms with E-state index in [4.69, 9.17) is 4.74 Å². The van der Waals surface area contributed by atoms with Gasteiger partial charge >= 0.3 is 0 Å². The minimum absolute atomic E-state index is 0.158. The lowest BCUT2D eigenvalue weighted by Crippen LogP contribution is -2.36. The Hall–Kier alpha value is -1.60. The molecule has 0 bridgehead atoms. The first-order valence-electron chi connectivity index (χ1n) is 6.85. The lowest BCUT2D eigenvalue weighted by atomic mass is 10.1. The molecule has 1 aromatic carbocycles. The molecule has 21 heavy (non-hydrogen) atoms. The van der Waals surface area contributed by atoms with Crippen LogP contribution < -0.4 is 10.0 Å². The molecule has 1 aromatic rings. The maximum absolute atomic E-state index is 12.1. The smallest absolute Gasteiger partial charge is 0.249 e. The van der Waals surface area contributed by atoms with Crippen LogP contribution in [0.25, 0.3) is 0 Å². The first-order chi connectivity index (χ1) is 9.87. The molecule has 6 nitrogen and oxygen atoms in total. The zero-order valence-corrected chi connectivity index (χ0v) is 12.9. The van der Waals surface area contributed by atoms with Crippen LogP contribution in [0.3, 0.4) is 0 Å². The molecule has 0 aliphatic carbocycles. The van der Waals surface area contributed by atoms with Gasteiger partial charge in [0, 0.05) is 6.61 Å². The minimum Gasteiger partial charge on any atom is -0.368 e. The second-order valence-corrected chi connectivity index (χ2v) is 6.94. The zero-order chi connectivity index (χ0) is 15.5. The van der Waals surface area contributed by atoms with Gasteiger partial charge in [-0.15, -0.1) is 0 Å². The molecular formula is C14H20N2O4S. The fraction of sp³-hybridized carbons (Fsp3) is 0.500. The van der Waals surface area contributed by atoms with Crippen LogP contribution in [0.1, 0.15) is 31.4 Å². The van der Waals surface area contributed by atoms with Crippen LogP contribution in [0.2, 0.25) is 0 Å². The summed E-state index contributed by atoms with van der Waals surface area (Å²) >= 11 is 0. The second-order valence-electron chi connectivity index (χ2n) is 5.19. The normalized spacial score (nSPS) is 20.0. The van der Waals surface area contributed by atoms with Crippen molar-refractivity contribution in [1.29, 1.82) is 0 Å². The number of amides is 1. The van der Waals surface area contributed by atoms with Crippen molar-refractivity contribution in [3.05, 3.63) is 29.8 Å². The molecule has 0 spiro atoms. The van der Waals surface area contributed by atoms with Gasteiger partial charge in [-0.05, 0) is 31.4 Å². The van der Waals surface area contributed by atoms with Crippen LogP contribution in [-0.4, -0.2) is 33.3 Å². The Labute approximate surface area is 124 Å². The van der Waals surface area contributed by atoms with E-state index in [1.54, 1.807) is 24.3 Å². The summed E-state index contributed by atoms with van der Waals surface area (Å²) < 4.78 is 30.6. The number of nitrogens with one attached hydrogen (secondary N) is 2. The highest BCUT2D eigenvalue weighted by Crippen LogP contribution is 2.24. The average Bonchev–Trinajstić information content (AvgIpc) is 2.91. The summed E-state index contributed by atoms with van der Waals surface area (Å²) in [4.78, 5) is 12.1. The Balaban J connectivity index is 2.11. The standard InChI is InChI=1S/C14H20N2O4S/c1-10(15-14(17)13-8-5-9-20-13)11-6-3-4-7-12(11)16-21(2,18)19/h3-4,6-7,10,13,16H,5,8-9H2,1-2H3,(H,15,17)/t10-,13-/m1/s1. The highest BCUT2D eigenvalue weighted by atomic mass is 32.2. The molecule has 1 heterocycles. The van der Waals surface area contributed by atoms with Gasteiger partial charge in [-0.25, -0.2) is 8.42 Å². The van der Waals surface area contributed by atoms with E-state index < -0.39 is 16.1 Å². The summed E-state index contributed by atoms with van der Waals surface area (Å²) in [7, 11) is -3.36. The summed E-state index contributed by atoms with van der Waals surface area (Å²) in [5.41, 5.74) is 1.19. The molecule has 1 aliphatic heterocycles. The summed E-state index contributed by atoms with van der Waals surface area (Å²) in [5.74, 6) is -0.158. The van der Waals surface area contributed by atoms with Crippen molar-refractivity contribution < 1.29 is 17.9 Å². The van der Waals surface area contributed by atoms with Gasteiger partial charge in [-0.2, -0.15) is 0 Å². The molecule has 0 saturated carbocycles. The molecule has 0 aromatic heterocycles. The Bertz CT molecular complexity index is 609. The highest BCUT2D eigenvalue weighted by molar-refractivity contribution is 7.92. The molecule has 2 atom stereocenters. The predicted octanol–water partition coefficient (Wildman–Crippen LogP) is 1.41. The maximum atomic E-state index is 12.1. The molecule has 116 valence electrons. The van der Waals surface area contributed by atoms with Gasteiger partial charge in [0.2, 0.25) is 15.9 Å². The lowest BCUT2D eigenvalue weighted by Gasteiger charge is -2.20. The number of anilines is 1. The Morgan fingerprint density at radius 1 is 1.38 bits per heavy atom. The molecule has 2 N–H and O–H groups in total. The van der Waals surface area contributed by atoms with E-state index in [0.717, 1.165) is 19.1 Å². The van der Waals surface area contributed by atoms with Gasteiger partial charge in [0.1, 0.15) is 6.10 Å². The van der Waals surface area contributed by atoms with Crippen molar-refractivity contribution >= 4 is 21.6 Å². The minimum atomic E-state index is -3.36.